The Hall–Kier alpha value is -2.99. The van der Waals surface area contributed by atoms with E-state index in [2.05, 4.69) is 14.7 Å². The van der Waals surface area contributed by atoms with E-state index >= 15 is 0 Å². The standard InChI is InChI=1S/C25H27ClF2N6O2S/c1-14(29)22-23(30)31-24(32-25(22)36-20-8-9-34(10-11-35)13-19(20)28)15-2-5-17(6-3-15)33-37-21-12-16(26)4-7-18(21)27/h2-7,12,19-20,29,33,35H,8-11,13H2,1H3,(H2,30,31,32). The molecule has 0 bridgehead atoms. The fourth-order valence-electron chi connectivity index (χ4n) is 3.95. The summed E-state index contributed by atoms with van der Waals surface area (Å²) in [6.45, 7) is 2.62. The Kier molecular flexibility index (Phi) is 8.80. The molecule has 1 aliphatic heterocycles. The van der Waals surface area contributed by atoms with Crippen LogP contribution in [0.3, 0.4) is 0 Å². The number of aliphatic hydroxyl groups excluding tert-OH is 1. The molecular formula is C25H27ClF2N6O2S. The van der Waals surface area contributed by atoms with Gasteiger partial charge in [0.05, 0.1) is 17.1 Å². The third-order valence-corrected chi connectivity index (χ3v) is 6.94. The van der Waals surface area contributed by atoms with E-state index in [1.54, 1.807) is 31.2 Å². The zero-order valence-corrected chi connectivity index (χ0v) is 21.6. The van der Waals surface area contributed by atoms with E-state index in [0.717, 1.165) is 11.9 Å². The summed E-state index contributed by atoms with van der Waals surface area (Å²) >= 11 is 7.04. The van der Waals surface area contributed by atoms with Crippen molar-refractivity contribution >= 4 is 40.8 Å². The second-order valence-electron chi connectivity index (χ2n) is 8.58. The van der Waals surface area contributed by atoms with E-state index in [1.807, 2.05) is 4.90 Å². The van der Waals surface area contributed by atoms with Crippen LogP contribution in [0.4, 0.5) is 20.3 Å². The summed E-state index contributed by atoms with van der Waals surface area (Å²) in [7, 11) is 0. The Morgan fingerprint density at radius 3 is 2.73 bits per heavy atom. The molecule has 37 heavy (non-hydrogen) atoms. The van der Waals surface area contributed by atoms with Crippen LogP contribution in [0.2, 0.25) is 5.02 Å². The molecule has 0 saturated carbocycles. The quantitative estimate of drug-likeness (QED) is 0.222. The van der Waals surface area contributed by atoms with Gasteiger partial charge in [-0.05, 0) is 67.8 Å². The molecule has 0 aliphatic carbocycles. The summed E-state index contributed by atoms with van der Waals surface area (Å²) in [5, 5.41) is 17.7. The largest absolute Gasteiger partial charge is 0.471 e. The van der Waals surface area contributed by atoms with Crippen LogP contribution >= 0.6 is 23.5 Å². The molecule has 0 spiro atoms. The highest BCUT2D eigenvalue weighted by Gasteiger charge is 2.32. The number of rotatable bonds is 9. The van der Waals surface area contributed by atoms with Gasteiger partial charge in [-0.3, -0.25) is 4.90 Å². The summed E-state index contributed by atoms with van der Waals surface area (Å²) in [4.78, 5) is 11.0. The van der Waals surface area contributed by atoms with Crippen LogP contribution in [-0.4, -0.2) is 64.2 Å². The lowest BCUT2D eigenvalue weighted by Gasteiger charge is -2.34. The second kappa shape index (κ2) is 12.0. The average molecular weight is 549 g/mol. The van der Waals surface area contributed by atoms with Gasteiger partial charge in [0.2, 0.25) is 5.88 Å². The van der Waals surface area contributed by atoms with Crippen molar-refractivity contribution in [1.82, 2.24) is 14.9 Å². The van der Waals surface area contributed by atoms with Crippen LogP contribution < -0.4 is 15.2 Å². The number of β-amino-alcohol motifs (C(OH)–C–C–N with tert-alkyl or cyclic N) is 1. The Bertz CT molecular complexity index is 1270. The van der Waals surface area contributed by atoms with E-state index < -0.39 is 12.3 Å². The van der Waals surface area contributed by atoms with E-state index in [4.69, 9.17) is 32.6 Å². The zero-order chi connectivity index (χ0) is 26.5. The van der Waals surface area contributed by atoms with Crippen molar-refractivity contribution in [3.8, 4) is 17.3 Å². The number of nitrogens with one attached hydrogen (secondary N) is 2. The number of nitrogens with zero attached hydrogens (tertiary/aromatic N) is 3. The van der Waals surface area contributed by atoms with Crippen LogP contribution in [0, 0.1) is 11.2 Å². The number of aromatic nitrogens is 2. The number of alkyl halides is 1. The van der Waals surface area contributed by atoms with Gasteiger partial charge < -0.3 is 25.7 Å². The minimum atomic E-state index is -1.29. The number of likely N-dealkylation sites (tertiary alicyclic amines) is 1. The number of hydrogen-bond donors (Lipinski definition) is 4. The van der Waals surface area contributed by atoms with Crippen molar-refractivity contribution < 1.29 is 18.6 Å². The Labute approximate surface area is 222 Å². The summed E-state index contributed by atoms with van der Waals surface area (Å²) in [6.07, 6.45) is -1.64. The first-order valence-electron chi connectivity index (χ1n) is 11.6. The summed E-state index contributed by atoms with van der Waals surface area (Å²) in [5.41, 5.74) is 7.84. The zero-order valence-electron chi connectivity index (χ0n) is 20.0. The van der Waals surface area contributed by atoms with Gasteiger partial charge in [0.25, 0.3) is 0 Å². The first-order valence-corrected chi connectivity index (χ1v) is 12.8. The molecule has 3 aromatic rings. The van der Waals surface area contributed by atoms with Crippen molar-refractivity contribution in [1.29, 1.82) is 5.41 Å². The van der Waals surface area contributed by atoms with Gasteiger partial charge in [-0.1, -0.05) is 11.6 Å². The molecule has 1 aliphatic rings. The van der Waals surface area contributed by atoms with Gasteiger partial charge >= 0.3 is 0 Å². The number of piperidine rings is 1. The number of nitrogens with two attached hydrogens (primary N) is 1. The van der Waals surface area contributed by atoms with Crippen molar-refractivity contribution in [3.05, 3.63) is 58.9 Å². The predicted molar refractivity (Wildman–Crippen MR) is 143 cm³/mol. The lowest BCUT2D eigenvalue weighted by Crippen LogP contribution is -2.48. The molecule has 8 nitrogen and oxygen atoms in total. The molecule has 5 N–H and O–H groups in total. The molecular weight excluding hydrogens is 522 g/mol. The predicted octanol–water partition coefficient (Wildman–Crippen LogP) is 4.81. The van der Waals surface area contributed by atoms with E-state index in [0.29, 0.717) is 40.7 Å². The number of anilines is 2. The highest BCUT2D eigenvalue weighted by molar-refractivity contribution is 8.00. The van der Waals surface area contributed by atoms with E-state index in [-0.39, 0.29) is 47.8 Å². The third kappa shape index (κ3) is 6.67. The fourth-order valence-corrected chi connectivity index (χ4v) is 4.90. The highest BCUT2D eigenvalue weighted by atomic mass is 35.5. The number of aliphatic hydroxyl groups is 1. The van der Waals surface area contributed by atoms with Crippen LogP contribution in [0.15, 0.2) is 47.4 Å². The first kappa shape index (κ1) is 27.1. The van der Waals surface area contributed by atoms with E-state index in [9.17, 15) is 8.78 Å². The lowest BCUT2D eigenvalue weighted by atomic mass is 10.1. The minimum Gasteiger partial charge on any atom is -0.471 e. The van der Waals surface area contributed by atoms with Crippen molar-refractivity contribution in [2.45, 2.75) is 30.5 Å². The highest BCUT2D eigenvalue weighted by Crippen LogP contribution is 2.31. The number of halogens is 3. The van der Waals surface area contributed by atoms with Gasteiger partial charge in [-0.15, -0.1) is 0 Å². The van der Waals surface area contributed by atoms with Gasteiger partial charge in [-0.2, -0.15) is 4.98 Å². The Morgan fingerprint density at radius 1 is 1.30 bits per heavy atom. The molecule has 1 aromatic heterocycles. The number of nitrogen functional groups attached to an aromatic ring is 1. The molecule has 2 aromatic carbocycles. The minimum absolute atomic E-state index is 0.0360. The monoisotopic (exact) mass is 548 g/mol. The summed E-state index contributed by atoms with van der Waals surface area (Å²) in [6, 6.07) is 11.4. The smallest absolute Gasteiger partial charge is 0.228 e. The van der Waals surface area contributed by atoms with Crippen LogP contribution in [0.1, 0.15) is 18.9 Å². The van der Waals surface area contributed by atoms with Gasteiger partial charge in [-0.25, -0.2) is 13.8 Å². The molecule has 1 fully saturated rings. The molecule has 2 unspecified atom stereocenters. The Balaban J connectivity index is 1.52. The normalized spacial score (nSPS) is 18.0. The molecule has 0 amide bonds. The number of benzene rings is 2. The molecule has 12 heteroatoms. The van der Waals surface area contributed by atoms with Crippen LogP contribution in [-0.2, 0) is 0 Å². The average Bonchev–Trinajstić information content (AvgIpc) is 2.86. The van der Waals surface area contributed by atoms with Crippen LogP contribution in [0.25, 0.3) is 11.4 Å². The van der Waals surface area contributed by atoms with Gasteiger partial charge in [0.15, 0.2) is 5.82 Å². The van der Waals surface area contributed by atoms with Crippen molar-refractivity contribution in [2.75, 3.05) is 36.7 Å². The fraction of sp³-hybridized carbons (Fsp3) is 0.320. The molecule has 0 radical (unpaired) electrons. The maximum Gasteiger partial charge on any atom is 0.228 e. The van der Waals surface area contributed by atoms with E-state index in [1.165, 1.54) is 18.2 Å². The maximum absolute atomic E-state index is 14.8. The van der Waals surface area contributed by atoms with Crippen LogP contribution in [0.5, 0.6) is 5.88 Å². The molecule has 4 rings (SSSR count). The first-order chi connectivity index (χ1) is 17.7. The number of hydrogen-bond acceptors (Lipinski definition) is 9. The lowest BCUT2D eigenvalue weighted by molar-refractivity contribution is 0.0144. The van der Waals surface area contributed by atoms with Crippen molar-refractivity contribution in [3.63, 3.8) is 0 Å². The van der Waals surface area contributed by atoms with Gasteiger partial charge in [0.1, 0.15) is 23.9 Å². The molecule has 1 saturated heterocycles. The third-order valence-electron chi connectivity index (χ3n) is 5.84. The molecule has 196 valence electrons. The van der Waals surface area contributed by atoms with Gasteiger partial charge in [0, 0.05) is 41.6 Å². The molecule has 2 heterocycles. The number of ether oxygens (including phenoxy) is 1. The summed E-state index contributed by atoms with van der Waals surface area (Å²) < 4.78 is 37.8. The SMILES string of the molecule is CC(=N)c1c(N)nc(-c2ccc(NSc3cc(Cl)ccc3F)cc2)nc1OC1CCN(CCO)CC1F. The topological polar surface area (TPSA) is 120 Å². The molecule has 2 atom stereocenters. The Morgan fingerprint density at radius 2 is 2.05 bits per heavy atom. The second-order valence-corrected chi connectivity index (χ2v) is 9.86. The van der Waals surface area contributed by atoms with Crippen molar-refractivity contribution in [2.24, 2.45) is 0 Å². The maximum atomic E-state index is 14.8. The summed E-state index contributed by atoms with van der Waals surface area (Å²) in [5.74, 6) is 0.0130.